The van der Waals surface area contributed by atoms with E-state index in [2.05, 4.69) is 6.92 Å². The maximum atomic E-state index is 11.6. The quantitative estimate of drug-likeness (QED) is 0.369. The van der Waals surface area contributed by atoms with E-state index in [0.717, 1.165) is 36.1 Å². The Morgan fingerprint density at radius 1 is 1.00 bits per heavy atom. The number of benzene rings is 2. The molecule has 126 valence electrons. The van der Waals surface area contributed by atoms with Crippen molar-refractivity contribution in [2.24, 2.45) is 0 Å². The summed E-state index contributed by atoms with van der Waals surface area (Å²) >= 11 is 0. The molecule has 2 rings (SSSR count). The number of unbranched alkanes of at least 4 members (excludes halogenated alkanes) is 2. The van der Waals surface area contributed by atoms with E-state index in [1.165, 1.54) is 6.08 Å². The van der Waals surface area contributed by atoms with Gasteiger partial charge in [0, 0.05) is 6.08 Å². The van der Waals surface area contributed by atoms with Crippen LogP contribution in [0.15, 0.2) is 60.7 Å². The topological polar surface area (TPSA) is 35.5 Å². The number of rotatable bonds is 9. The van der Waals surface area contributed by atoms with Crippen LogP contribution in [0.3, 0.4) is 0 Å². The van der Waals surface area contributed by atoms with Gasteiger partial charge in [-0.15, -0.1) is 0 Å². The summed E-state index contributed by atoms with van der Waals surface area (Å²) < 4.78 is 10.9. The van der Waals surface area contributed by atoms with Crippen molar-refractivity contribution in [3.63, 3.8) is 0 Å². The number of carbonyl (C=O) groups excluding carboxylic acids is 1. The summed E-state index contributed by atoms with van der Waals surface area (Å²) in [5, 5.41) is 0. The first kappa shape index (κ1) is 17.8. The highest BCUT2D eigenvalue weighted by Crippen LogP contribution is 2.15. The van der Waals surface area contributed by atoms with Crippen LogP contribution in [0, 0.1) is 0 Å². The molecule has 0 fully saturated rings. The molecule has 0 bridgehead atoms. The third-order valence-corrected chi connectivity index (χ3v) is 3.53. The number of hydrogen-bond acceptors (Lipinski definition) is 3. The molecule has 0 saturated carbocycles. The minimum absolute atomic E-state index is 0.296. The molecule has 2 aromatic rings. The van der Waals surface area contributed by atoms with Crippen molar-refractivity contribution in [3.8, 4) is 5.75 Å². The summed E-state index contributed by atoms with van der Waals surface area (Å²) in [7, 11) is 0. The van der Waals surface area contributed by atoms with E-state index in [1.54, 1.807) is 6.08 Å². The smallest absolute Gasteiger partial charge is 0.330 e. The van der Waals surface area contributed by atoms with Crippen molar-refractivity contribution in [3.05, 3.63) is 71.8 Å². The van der Waals surface area contributed by atoms with Crippen molar-refractivity contribution in [2.45, 2.75) is 32.8 Å². The highest BCUT2D eigenvalue weighted by atomic mass is 16.5. The molecule has 24 heavy (non-hydrogen) atoms. The number of carbonyl (C=O) groups is 1. The second-order valence-corrected chi connectivity index (χ2v) is 5.55. The first-order valence-corrected chi connectivity index (χ1v) is 8.39. The van der Waals surface area contributed by atoms with Gasteiger partial charge in [0.25, 0.3) is 0 Å². The Balaban J connectivity index is 1.77. The molecule has 0 aliphatic rings. The van der Waals surface area contributed by atoms with Gasteiger partial charge in [-0.1, -0.05) is 62.2 Å². The van der Waals surface area contributed by atoms with Gasteiger partial charge in [-0.05, 0) is 35.8 Å². The molecule has 0 unspecified atom stereocenters. The van der Waals surface area contributed by atoms with Gasteiger partial charge >= 0.3 is 5.97 Å². The lowest BCUT2D eigenvalue weighted by Crippen LogP contribution is -2.01. The van der Waals surface area contributed by atoms with Crippen LogP contribution in [0.4, 0.5) is 0 Å². The second kappa shape index (κ2) is 10.3. The highest BCUT2D eigenvalue weighted by molar-refractivity contribution is 5.87. The number of esters is 1. The second-order valence-electron chi connectivity index (χ2n) is 5.55. The van der Waals surface area contributed by atoms with Gasteiger partial charge in [-0.2, -0.15) is 0 Å². The van der Waals surface area contributed by atoms with Gasteiger partial charge in [-0.3, -0.25) is 0 Å². The van der Waals surface area contributed by atoms with E-state index in [-0.39, 0.29) is 5.97 Å². The monoisotopic (exact) mass is 324 g/mol. The summed E-state index contributed by atoms with van der Waals surface area (Å²) in [6, 6.07) is 17.7. The Hall–Kier alpha value is -2.55. The van der Waals surface area contributed by atoms with Gasteiger partial charge < -0.3 is 9.47 Å². The standard InChI is InChI=1S/C21H24O3/c1-2-3-7-16-23-21(22)15-12-18-10-13-20(14-11-18)24-17-19-8-5-4-6-9-19/h4-6,8-15H,2-3,7,16-17H2,1H3/b15-12+. The summed E-state index contributed by atoms with van der Waals surface area (Å²) in [5.74, 6) is 0.508. The van der Waals surface area contributed by atoms with E-state index < -0.39 is 0 Å². The first-order chi connectivity index (χ1) is 11.8. The molecular formula is C21H24O3. The maximum Gasteiger partial charge on any atom is 0.330 e. The molecule has 0 radical (unpaired) electrons. The summed E-state index contributed by atoms with van der Waals surface area (Å²) in [6.07, 6.45) is 6.34. The highest BCUT2D eigenvalue weighted by Gasteiger charge is 1.98. The van der Waals surface area contributed by atoms with Gasteiger partial charge in [-0.25, -0.2) is 4.79 Å². The van der Waals surface area contributed by atoms with Crippen LogP contribution < -0.4 is 4.74 Å². The molecule has 3 nitrogen and oxygen atoms in total. The summed E-state index contributed by atoms with van der Waals surface area (Å²) in [4.78, 5) is 11.6. The minimum atomic E-state index is -0.296. The van der Waals surface area contributed by atoms with Crippen molar-refractivity contribution < 1.29 is 14.3 Å². The zero-order chi connectivity index (χ0) is 17.0. The Bertz CT molecular complexity index is 630. The fourth-order valence-corrected chi connectivity index (χ4v) is 2.15. The average molecular weight is 324 g/mol. The Morgan fingerprint density at radius 3 is 2.46 bits per heavy atom. The molecule has 0 saturated heterocycles. The van der Waals surface area contributed by atoms with Crippen molar-refractivity contribution in [2.75, 3.05) is 6.61 Å². The zero-order valence-corrected chi connectivity index (χ0v) is 14.1. The molecule has 0 atom stereocenters. The fourth-order valence-electron chi connectivity index (χ4n) is 2.15. The number of ether oxygens (including phenoxy) is 2. The van der Waals surface area contributed by atoms with Gasteiger partial charge in [0.2, 0.25) is 0 Å². The molecule has 3 heteroatoms. The van der Waals surface area contributed by atoms with E-state index in [9.17, 15) is 4.79 Å². The third kappa shape index (κ3) is 6.69. The molecule has 0 aliphatic heterocycles. The summed E-state index contributed by atoms with van der Waals surface area (Å²) in [6.45, 7) is 3.15. The Morgan fingerprint density at radius 2 is 1.75 bits per heavy atom. The SMILES string of the molecule is CCCCCOC(=O)/C=C/c1ccc(OCc2ccccc2)cc1. The average Bonchev–Trinajstić information content (AvgIpc) is 2.63. The normalized spacial score (nSPS) is 10.7. The lowest BCUT2D eigenvalue weighted by atomic mass is 10.2. The van der Waals surface area contributed by atoms with E-state index >= 15 is 0 Å². The van der Waals surface area contributed by atoms with Crippen LogP contribution >= 0.6 is 0 Å². The van der Waals surface area contributed by atoms with Gasteiger partial charge in [0.05, 0.1) is 6.61 Å². The largest absolute Gasteiger partial charge is 0.489 e. The molecule has 0 N–H and O–H groups in total. The molecular weight excluding hydrogens is 300 g/mol. The maximum absolute atomic E-state index is 11.6. The van der Waals surface area contributed by atoms with E-state index in [1.807, 2.05) is 54.6 Å². The molecule has 0 aliphatic carbocycles. The predicted octanol–water partition coefficient (Wildman–Crippen LogP) is 5.01. The van der Waals surface area contributed by atoms with Crippen LogP contribution in [0.1, 0.15) is 37.3 Å². The molecule has 0 heterocycles. The molecule has 2 aromatic carbocycles. The lowest BCUT2D eigenvalue weighted by molar-refractivity contribution is -0.137. The minimum Gasteiger partial charge on any atom is -0.489 e. The van der Waals surface area contributed by atoms with Crippen LogP contribution in [0.25, 0.3) is 6.08 Å². The Kier molecular flexibility index (Phi) is 7.61. The molecule has 0 aromatic heterocycles. The number of hydrogen-bond donors (Lipinski definition) is 0. The van der Waals surface area contributed by atoms with Crippen molar-refractivity contribution in [1.29, 1.82) is 0 Å². The zero-order valence-electron chi connectivity index (χ0n) is 14.1. The first-order valence-electron chi connectivity index (χ1n) is 8.39. The molecule has 0 spiro atoms. The Labute approximate surface area is 143 Å². The van der Waals surface area contributed by atoms with Crippen LogP contribution in [0.2, 0.25) is 0 Å². The van der Waals surface area contributed by atoms with Crippen LogP contribution in [-0.4, -0.2) is 12.6 Å². The van der Waals surface area contributed by atoms with Gasteiger partial charge in [0.1, 0.15) is 12.4 Å². The van der Waals surface area contributed by atoms with Crippen molar-refractivity contribution >= 4 is 12.0 Å². The van der Waals surface area contributed by atoms with Crippen LogP contribution in [-0.2, 0) is 16.1 Å². The lowest BCUT2D eigenvalue weighted by Gasteiger charge is -2.06. The predicted molar refractivity (Wildman–Crippen MR) is 96.7 cm³/mol. The summed E-state index contributed by atoms with van der Waals surface area (Å²) in [5.41, 5.74) is 2.07. The molecule has 0 amide bonds. The van der Waals surface area contributed by atoms with E-state index in [0.29, 0.717) is 13.2 Å². The van der Waals surface area contributed by atoms with E-state index in [4.69, 9.17) is 9.47 Å². The third-order valence-electron chi connectivity index (χ3n) is 3.53. The van der Waals surface area contributed by atoms with Crippen LogP contribution in [0.5, 0.6) is 5.75 Å². The van der Waals surface area contributed by atoms with Gasteiger partial charge in [0.15, 0.2) is 0 Å². The van der Waals surface area contributed by atoms with Crippen molar-refractivity contribution in [1.82, 2.24) is 0 Å². The fraction of sp³-hybridized carbons (Fsp3) is 0.286.